The minimum Gasteiger partial charge on any atom is -0.466 e. The van der Waals surface area contributed by atoms with Crippen LogP contribution in [0.15, 0.2) is 0 Å². The molecule has 0 aromatic rings. The maximum atomic E-state index is 12.0. The first-order valence-electron chi connectivity index (χ1n) is 11.0. The van der Waals surface area contributed by atoms with Crippen molar-refractivity contribution in [2.75, 3.05) is 40.5 Å². The summed E-state index contributed by atoms with van der Waals surface area (Å²) in [5, 5.41) is 0. The highest BCUT2D eigenvalue weighted by atomic mass is 35.5. The molecule has 2 aliphatic heterocycles. The number of nitrogens with zero attached hydrogens (tertiary/aromatic N) is 2. The summed E-state index contributed by atoms with van der Waals surface area (Å²) in [6.07, 6.45) is 6.71. The smallest absolute Gasteiger partial charge is 0.308 e. The third-order valence-corrected chi connectivity index (χ3v) is 6.52. The molecule has 3 rings (SSSR count). The van der Waals surface area contributed by atoms with Crippen LogP contribution in [0.25, 0.3) is 0 Å². The van der Waals surface area contributed by atoms with Crippen molar-refractivity contribution in [1.82, 2.24) is 9.80 Å². The predicted octanol–water partition coefficient (Wildman–Crippen LogP) is 3.64. The molecule has 178 valence electrons. The van der Waals surface area contributed by atoms with Gasteiger partial charge >= 0.3 is 5.97 Å². The van der Waals surface area contributed by atoms with E-state index in [9.17, 15) is 4.79 Å². The van der Waals surface area contributed by atoms with Gasteiger partial charge in [-0.25, -0.2) is 4.90 Å². The first kappa shape index (κ1) is 27.9. The third kappa shape index (κ3) is 6.21. The Morgan fingerprint density at radius 2 is 1.67 bits per heavy atom. The summed E-state index contributed by atoms with van der Waals surface area (Å²) in [6, 6.07) is 0. The Bertz CT molecular complexity index is 510. The van der Waals surface area contributed by atoms with E-state index in [4.69, 9.17) is 18.9 Å². The van der Waals surface area contributed by atoms with E-state index in [-0.39, 0.29) is 49.2 Å². The second kappa shape index (κ2) is 12.8. The summed E-state index contributed by atoms with van der Waals surface area (Å²) in [6.45, 7) is 7.52. The number of rotatable bonds is 8. The topological polar surface area (TPSA) is 60.5 Å². The Morgan fingerprint density at radius 1 is 1.07 bits per heavy atom. The maximum Gasteiger partial charge on any atom is 0.308 e. The minimum absolute atomic E-state index is 0. The van der Waals surface area contributed by atoms with Gasteiger partial charge in [-0.1, -0.05) is 6.92 Å². The van der Waals surface area contributed by atoms with Crippen LogP contribution in [0.2, 0.25) is 0 Å². The molecule has 7 nitrogen and oxygen atoms in total. The monoisotopic (exact) mass is 470 g/mol. The van der Waals surface area contributed by atoms with Gasteiger partial charge < -0.3 is 18.9 Å². The van der Waals surface area contributed by atoms with Gasteiger partial charge in [0.25, 0.3) is 0 Å². The number of carbonyl (C=O) groups is 1. The molecule has 3 aliphatic rings. The van der Waals surface area contributed by atoms with Gasteiger partial charge in [0.15, 0.2) is 6.35 Å². The lowest BCUT2D eigenvalue weighted by molar-refractivity contribution is -0.336. The van der Waals surface area contributed by atoms with Crippen LogP contribution in [0.5, 0.6) is 0 Å². The Morgan fingerprint density at radius 3 is 2.20 bits per heavy atom. The Balaban J connectivity index is 0.00000225. The molecule has 0 aromatic carbocycles. The van der Waals surface area contributed by atoms with Gasteiger partial charge in [0.05, 0.1) is 18.6 Å². The van der Waals surface area contributed by atoms with Gasteiger partial charge in [0, 0.05) is 40.3 Å². The van der Waals surface area contributed by atoms with Gasteiger partial charge in [-0.15, -0.1) is 24.8 Å². The van der Waals surface area contributed by atoms with E-state index in [1.54, 1.807) is 14.2 Å². The van der Waals surface area contributed by atoms with E-state index in [0.717, 1.165) is 51.7 Å². The van der Waals surface area contributed by atoms with Crippen molar-refractivity contribution in [1.29, 1.82) is 0 Å². The molecule has 2 saturated heterocycles. The lowest BCUT2D eigenvalue weighted by Crippen LogP contribution is -2.59. The van der Waals surface area contributed by atoms with Crippen molar-refractivity contribution in [3.63, 3.8) is 0 Å². The molecule has 2 atom stereocenters. The first-order chi connectivity index (χ1) is 13.5. The van der Waals surface area contributed by atoms with Crippen LogP contribution in [0.4, 0.5) is 0 Å². The summed E-state index contributed by atoms with van der Waals surface area (Å²) in [7, 11) is 3.44. The zero-order chi connectivity index (χ0) is 20.1. The number of halogens is 2. The lowest BCUT2D eigenvalue weighted by atomic mass is 9.87. The van der Waals surface area contributed by atoms with Crippen molar-refractivity contribution < 1.29 is 23.7 Å². The normalized spacial score (nSPS) is 30.3. The summed E-state index contributed by atoms with van der Waals surface area (Å²) in [4.78, 5) is 16.7. The summed E-state index contributed by atoms with van der Waals surface area (Å²) >= 11 is 0. The van der Waals surface area contributed by atoms with Crippen molar-refractivity contribution in [2.45, 2.75) is 77.2 Å². The second-order valence-corrected chi connectivity index (χ2v) is 8.51. The number of esters is 1. The van der Waals surface area contributed by atoms with Crippen LogP contribution >= 0.6 is 24.8 Å². The predicted molar refractivity (Wildman–Crippen MR) is 120 cm³/mol. The number of hydrogen-bond acceptors (Lipinski definition) is 7. The average molecular weight is 471 g/mol. The van der Waals surface area contributed by atoms with Crippen LogP contribution in [-0.2, 0) is 23.7 Å². The minimum atomic E-state index is -0.727. The van der Waals surface area contributed by atoms with Crippen molar-refractivity contribution in [2.24, 2.45) is 11.8 Å². The fraction of sp³-hybridized carbons (Fsp3) is 0.952. The summed E-state index contributed by atoms with van der Waals surface area (Å²) in [5.41, 5.74) is 0. The van der Waals surface area contributed by atoms with E-state index in [1.807, 2.05) is 6.92 Å². The number of carbonyl (C=O) groups excluding carboxylic acids is 1. The molecule has 0 spiro atoms. The zero-order valence-electron chi connectivity index (χ0n) is 18.8. The Kier molecular flexibility index (Phi) is 11.9. The van der Waals surface area contributed by atoms with Gasteiger partial charge in [-0.2, -0.15) is 0 Å². The number of hydrogen-bond donors (Lipinski definition) is 0. The highest BCUT2D eigenvalue weighted by Gasteiger charge is 2.51. The van der Waals surface area contributed by atoms with Crippen LogP contribution in [0.1, 0.15) is 58.8 Å². The quantitative estimate of drug-likeness (QED) is 0.396. The molecular formula is C21H40Cl2N2O5. The fourth-order valence-electron chi connectivity index (χ4n) is 5.03. The Labute approximate surface area is 193 Å². The highest BCUT2D eigenvalue weighted by molar-refractivity contribution is 5.85. The molecule has 2 heterocycles. The fourth-order valence-corrected chi connectivity index (χ4v) is 5.03. The van der Waals surface area contributed by atoms with Gasteiger partial charge in [0.1, 0.15) is 0 Å². The van der Waals surface area contributed by atoms with E-state index in [0.29, 0.717) is 12.5 Å². The van der Waals surface area contributed by atoms with Crippen molar-refractivity contribution in [3.8, 4) is 0 Å². The van der Waals surface area contributed by atoms with E-state index < -0.39 is 5.91 Å². The molecule has 0 amide bonds. The summed E-state index contributed by atoms with van der Waals surface area (Å²) < 4.78 is 23.6. The molecule has 1 saturated carbocycles. The second-order valence-electron chi connectivity index (χ2n) is 8.51. The van der Waals surface area contributed by atoms with E-state index in [1.165, 1.54) is 12.8 Å². The van der Waals surface area contributed by atoms with Gasteiger partial charge in [0.2, 0.25) is 5.91 Å². The molecule has 3 fully saturated rings. The standard InChI is InChI=1S/C21H38N2O5.2ClH/c1-5-27-19(24)17-8-10-18(11-9-17)28-20(22-12-6-7-13-22)23-15-16(2)14-21(23,25-3)26-4;;/h16-18,20H,5-15H2,1-4H3;2*1H/t16-,17?,18?,20?;;/m0../s1. The molecule has 30 heavy (non-hydrogen) atoms. The highest BCUT2D eigenvalue weighted by Crippen LogP contribution is 2.39. The van der Waals surface area contributed by atoms with Gasteiger partial charge in [-0.3, -0.25) is 9.69 Å². The molecular weight excluding hydrogens is 431 g/mol. The lowest BCUT2D eigenvalue weighted by Gasteiger charge is -2.45. The molecule has 0 radical (unpaired) electrons. The molecule has 0 aromatic heterocycles. The number of methoxy groups -OCH3 is 2. The molecule has 1 unspecified atom stereocenters. The largest absolute Gasteiger partial charge is 0.466 e. The van der Waals surface area contributed by atoms with Crippen molar-refractivity contribution >= 4 is 30.8 Å². The van der Waals surface area contributed by atoms with Crippen molar-refractivity contribution in [3.05, 3.63) is 0 Å². The molecule has 0 N–H and O–H groups in total. The van der Waals surface area contributed by atoms with Crippen LogP contribution in [-0.4, -0.2) is 74.6 Å². The first-order valence-corrected chi connectivity index (χ1v) is 11.0. The third-order valence-electron chi connectivity index (χ3n) is 6.52. The van der Waals surface area contributed by atoms with Gasteiger partial charge in [-0.05, 0) is 51.4 Å². The molecule has 1 aliphatic carbocycles. The Hall–Kier alpha value is -0.150. The van der Waals surface area contributed by atoms with E-state index >= 15 is 0 Å². The average Bonchev–Trinajstić information content (AvgIpc) is 3.35. The van der Waals surface area contributed by atoms with Crippen LogP contribution < -0.4 is 0 Å². The number of likely N-dealkylation sites (tertiary alicyclic amines) is 2. The van der Waals surface area contributed by atoms with Crippen LogP contribution in [0.3, 0.4) is 0 Å². The summed E-state index contributed by atoms with van der Waals surface area (Å²) in [5.74, 6) is -0.278. The van der Waals surface area contributed by atoms with E-state index in [2.05, 4.69) is 16.7 Å². The molecule has 9 heteroatoms. The zero-order valence-corrected chi connectivity index (χ0v) is 20.5. The molecule has 0 bridgehead atoms. The number of ether oxygens (including phenoxy) is 4. The SMILES string of the molecule is CCOC(=O)C1CCC(OC(N2CCCC2)N2C[C@@H](C)CC2(OC)OC)CC1.Cl.Cl. The van der Waals surface area contributed by atoms with Crippen LogP contribution in [0, 0.1) is 11.8 Å². The maximum absolute atomic E-state index is 12.0.